The summed E-state index contributed by atoms with van der Waals surface area (Å²) in [7, 11) is 7.48. The Hall–Kier alpha value is -5.57. The van der Waals surface area contributed by atoms with Gasteiger partial charge in [-0.25, -0.2) is 0 Å². The van der Waals surface area contributed by atoms with Crippen LogP contribution in [0.4, 0.5) is 11.9 Å². The van der Waals surface area contributed by atoms with E-state index in [1.54, 1.807) is 14.2 Å². The molecule has 0 atom stereocenters. The number of hydrogen-bond acceptors (Lipinski definition) is 9. The number of allylic oxidation sites excluding steroid dienone is 1. The topological polar surface area (TPSA) is 82.1 Å². The van der Waals surface area contributed by atoms with Gasteiger partial charge < -0.3 is 28.7 Å². The van der Waals surface area contributed by atoms with Gasteiger partial charge in [-0.3, -0.25) is 0 Å². The lowest BCUT2D eigenvalue weighted by molar-refractivity contribution is 0.304. The summed E-state index contributed by atoms with van der Waals surface area (Å²) < 4.78 is 22.5. The molecule has 0 radical (unpaired) electrons. The summed E-state index contributed by atoms with van der Waals surface area (Å²) in [6.45, 7) is 9.24. The van der Waals surface area contributed by atoms with Crippen molar-refractivity contribution in [3.8, 4) is 45.3 Å². The fourth-order valence-corrected chi connectivity index (χ4v) is 6.31. The minimum absolute atomic E-state index is 0.647. The lowest BCUT2D eigenvalue weighted by Crippen LogP contribution is -2.26. The monoisotopic (exact) mass is 757 g/mol. The molecule has 0 saturated heterocycles. The molecule has 5 rings (SSSR count). The molecule has 0 aliphatic carbocycles. The van der Waals surface area contributed by atoms with Gasteiger partial charge in [-0.1, -0.05) is 87.2 Å². The molecule has 9 nitrogen and oxygen atoms in total. The van der Waals surface area contributed by atoms with Crippen molar-refractivity contribution in [3.63, 3.8) is 0 Å². The summed E-state index contributed by atoms with van der Waals surface area (Å²) in [5.41, 5.74) is 5.47. The van der Waals surface area contributed by atoms with Crippen LogP contribution in [0.1, 0.15) is 70.5 Å². The first kappa shape index (κ1) is 41.6. The van der Waals surface area contributed by atoms with E-state index in [9.17, 15) is 0 Å². The summed E-state index contributed by atoms with van der Waals surface area (Å²) in [4.78, 5) is 18.6. The molecule has 0 fully saturated rings. The fourth-order valence-electron chi connectivity index (χ4n) is 6.31. The van der Waals surface area contributed by atoms with E-state index >= 15 is 0 Å². The average molecular weight is 758 g/mol. The van der Waals surface area contributed by atoms with Crippen molar-refractivity contribution in [1.82, 2.24) is 15.0 Å². The van der Waals surface area contributed by atoms with Gasteiger partial charge in [0.25, 0.3) is 0 Å². The molecule has 0 amide bonds. The van der Waals surface area contributed by atoms with E-state index < -0.39 is 0 Å². The first-order chi connectivity index (χ1) is 27.3. The van der Waals surface area contributed by atoms with E-state index in [2.05, 4.69) is 79.0 Å². The number of hydrogen-bond donors (Lipinski definition) is 0. The van der Waals surface area contributed by atoms with Crippen LogP contribution in [0.2, 0.25) is 0 Å². The fraction of sp³-hybridized carbons (Fsp3) is 0.383. The first-order valence-corrected chi connectivity index (χ1v) is 19.9. The molecular formula is C47H59N5O4. The molecule has 4 aromatic carbocycles. The smallest absolute Gasteiger partial charge is 0.230 e. The second-order valence-electron chi connectivity index (χ2n) is 14.3. The number of anilines is 2. The van der Waals surface area contributed by atoms with Crippen LogP contribution in [-0.2, 0) is 0 Å². The lowest BCUT2D eigenvalue weighted by atomic mass is 10.1. The highest BCUT2D eigenvalue weighted by Crippen LogP contribution is 2.26. The molecule has 56 heavy (non-hydrogen) atoms. The lowest BCUT2D eigenvalue weighted by Gasteiger charge is -2.22. The van der Waals surface area contributed by atoms with E-state index in [0.717, 1.165) is 122 Å². The summed E-state index contributed by atoms with van der Waals surface area (Å²) in [6, 6.07) is 32.8. The number of benzene rings is 4. The highest BCUT2D eigenvalue weighted by Gasteiger charge is 2.14. The van der Waals surface area contributed by atoms with Crippen molar-refractivity contribution in [2.75, 3.05) is 64.4 Å². The molecule has 0 spiro atoms. The van der Waals surface area contributed by atoms with E-state index in [1.807, 2.05) is 55.5 Å². The molecule has 1 heterocycles. The second-order valence-corrected chi connectivity index (χ2v) is 14.3. The van der Waals surface area contributed by atoms with Gasteiger partial charge in [-0.2, -0.15) is 15.0 Å². The predicted octanol–water partition coefficient (Wildman–Crippen LogP) is 10.8. The second kappa shape index (κ2) is 22.1. The van der Waals surface area contributed by atoms with E-state index in [4.69, 9.17) is 33.9 Å². The number of methoxy groups -OCH3 is 2. The zero-order valence-corrected chi connectivity index (χ0v) is 34.0. The zero-order chi connectivity index (χ0) is 39.5. The number of ether oxygens (including phenoxy) is 4. The highest BCUT2D eigenvalue weighted by molar-refractivity contribution is 5.66. The van der Waals surface area contributed by atoms with E-state index in [0.29, 0.717) is 24.3 Å². The Morgan fingerprint density at radius 2 is 0.786 bits per heavy atom. The molecule has 0 aliphatic rings. The molecular weight excluding hydrogens is 699 g/mol. The Kier molecular flexibility index (Phi) is 16.4. The molecule has 0 aliphatic heterocycles. The number of nitrogens with zero attached hydrogens (tertiary/aromatic N) is 5. The normalized spacial score (nSPS) is 10.9. The SMILES string of the molecule is C=C(C)c1nc(N(C)CCCCCCCOc2ccc(-c3ccc(OC)cc3)cc2)nc(N(C)CCCCCCOc2ccc(-c3ccc(OC)cc3)cc2)n1. The van der Waals surface area contributed by atoms with Crippen LogP contribution in [0.3, 0.4) is 0 Å². The Morgan fingerprint density at radius 1 is 0.464 bits per heavy atom. The summed E-state index contributed by atoms with van der Waals surface area (Å²) in [5, 5.41) is 0. The minimum Gasteiger partial charge on any atom is -0.497 e. The van der Waals surface area contributed by atoms with Gasteiger partial charge >= 0.3 is 0 Å². The zero-order valence-electron chi connectivity index (χ0n) is 34.0. The molecule has 0 saturated carbocycles. The maximum absolute atomic E-state index is 6.01. The standard InChI is InChI=1S/C47H59N5O4/c1-36(2)45-48-46(51(3)32-12-8-7-10-14-34-55-43-28-20-39(21-29-43)37-16-24-41(53-5)25-17-37)50-47(49-45)52(4)33-13-9-11-15-35-56-44-30-22-40(23-31-44)38-18-26-42(54-6)27-19-38/h16-31H,1,7-15,32-35H2,2-6H3. The van der Waals surface area contributed by atoms with Crippen LogP contribution in [0.15, 0.2) is 104 Å². The molecule has 9 heteroatoms. The van der Waals surface area contributed by atoms with Crippen molar-refractivity contribution < 1.29 is 18.9 Å². The third-order valence-electron chi connectivity index (χ3n) is 9.79. The summed E-state index contributed by atoms with van der Waals surface area (Å²) in [6.07, 6.45) is 9.84. The first-order valence-electron chi connectivity index (χ1n) is 19.9. The van der Waals surface area contributed by atoms with Crippen molar-refractivity contribution in [2.24, 2.45) is 0 Å². The van der Waals surface area contributed by atoms with Gasteiger partial charge in [-0.15, -0.1) is 0 Å². The van der Waals surface area contributed by atoms with Crippen molar-refractivity contribution in [2.45, 2.75) is 64.7 Å². The van der Waals surface area contributed by atoms with Gasteiger partial charge in [-0.05, 0) is 109 Å². The van der Waals surface area contributed by atoms with Crippen molar-refractivity contribution in [1.29, 1.82) is 0 Å². The minimum atomic E-state index is 0.647. The number of rotatable bonds is 24. The molecule has 5 aromatic rings. The molecule has 0 unspecified atom stereocenters. The Labute approximate surface area is 334 Å². The average Bonchev–Trinajstić information content (AvgIpc) is 3.24. The Bertz CT molecular complexity index is 1900. The largest absolute Gasteiger partial charge is 0.497 e. The maximum atomic E-state index is 6.01. The van der Waals surface area contributed by atoms with Gasteiger partial charge in [0.2, 0.25) is 11.9 Å². The van der Waals surface area contributed by atoms with Crippen LogP contribution in [-0.4, -0.2) is 69.6 Å². The molecule has 1 aromatic heterocycles. The third kappa shape index (κ3) is 13.0. The van der Waals surface area contributed by atoms with Gasteiger partial charge in [0, 0.05) is 27.2 Å². The summed E-state index contributed by atoms with van der Waals surface area (Å²) in [5.74, 6) is 5.56. The van der Waals surface area contributed by atoms with E-state index in [1.165, 1.54) is 6.42 Å². The van der Waals surface area contributed by atoms with Crippen LogP contribution < -0.4 is 28.7 Å². The van der Waals surface area contributed by atoms with Crippen molar-refractivity contribution in [3.05, 3.63) is 109 Å². The van der Waals surface area contributed by atoms with Crippen molar-refractivity contribution >= 4 is 17.5 Å². The van der Waals surface area contributed by atoms with Crippen LogP contribution in [0.25, 0.3) is 27.8 Å². The molecule has 0 bridgehead atoms. The highest BCUT2D eigenvalue weighted by atomic mass is 16.5. The summed E-state index contributed by atoms with van der Waals surface area (Å²) >= 11 is 0. The third-order valence-corrected chi connectivity index (χ3v) is 9.79. The van der Waals surface area contributed by atoms with Gasteiger partial charge in [0.15, 0.2) is 5.82 Å². The quantitative estimate of drug-likeness (QED) is 0.0571. The molecule has 0 N–H and O–H groups in total. The number of aromatic nitrogens is 3. The van der Waals surface area contributed by atoms with Crippen LogP contribution in [0.5, 0.6) is 23.0 Å². The Morgan fingerprint density at radius 3 is 1.12 bits per heavy atom. The van der Waals surface area contributed by atoms with Gasteiger partial charge in [0.05, 0.1) is 27.4 Å². The van der Waals surface area contributed by atoms with Gasteiger partial charge in [0.1, 0.15) is 23.0 Å². The number of unbranched alkanes of at least 4 members (excludes halogenated alkanes) is 7. The predicted molar refractivity (Wildman–Crippen MR) is 230 cm³/mol. The molecule has 296 valence electrons. The van der Waals surface area contributed by atoms with Crippen LogP contribution >= 0.6 is 0 Å². The maximum Gasteiger partial charge on any atom is 0.230 e. The Balaban J connectivity index is 0.944. The van der Waals surface area contributed by atoms with Crippen LogP contribution in [0, 0.1) is 0 Å². The van der Waals surface area contributed by atoms with E-state index in [-0.39, 0.29) is 0 Å².